The zero-order valence-corrected chi connectivity index (χ0v) is 18.1. The molecule has 4 rings (SSSR count). The molecule has 3 aliphatic rings. The lowest BCUT2D eigenvalue weighted by Crippen LogP contribution is -2.47. The number of carbonyl (C=O) groups is 4. The maximum absolute atomic E-state index is 12.8. The Bertz CT molecular complexity index is 925. The van der Waals surface area contributed by atoms with Crippen LogP contribution < -0.4 is 10.6 Å². The Balaban J connectivity index is 1.53. The van der Waals surface area contributed by atoms with Gasteiger partial charge in [0.25, 0.3) is 0 Å². The number of amides is 2. The second-order valence-corrected chi connectivity index (χ2v) is 8.56. The van der Waals surface area contributed by atoms with Gasteiger partial charge < -0.3 is 20.1 Å². The van der Waals surface area contributed by atoms with Crippen LogP contribution in [0, 0.1) is 17.8 Å². The average molecular weight is 440 g/mol. The van der Waals surface area contributed by atoms with E-state index < -0.39 is 24.0 Å². The van der Waals surface area contributed by atoms with Gasteiger partial charge in [0, 0.05) is 11.8 Å². The van der Waals surface area contributed by atoms with Crippen molar-refractivity contribution in [2.45, 2.75) is 45.1 Å². The Labute approximate surface area is 186 Å². The summed E-state index contributed by atoms with van der Waals surface area (Å²) in [4.78, 5) is 50.2. The third-order valence-corrected chi connectivity index (χ3v) is 6.52. The molecular formula is C24H28N2O6. The van der Waals surface area contributed by atoms with E-state index in [4.69, 9.17) is 9.47 Å². The van der Waals surface area contributed by atoms with Gasteiger partial charge in [-0.3, -0.25) is 9.59 Å². The topological polar surface area (TPSA) is 111 Å². The number of fused-ring (bicyclic) bond motifs is 2. The minimum Gasteiger partial charge on any atom is -0.463 e. The molecule has 2 aliphatic carbocycles. The monoisotopic (exact) mass is 440 g/mol. The molecule has 0 aromatic heterocycles. The first-order valence-corrected chi connectivity index (χ1v) is 11.2. The van der Waals surface area contributed by atoms with Crippen LogP contribution in [-0.4, -0.2) is 37.0 Å². The zero-order chi connectivity index (χ0) is 22.7. The van der Waals surface area contributed by atoms with E-state index in [0.29, 0.717) is 18.4 Å². The summed E-state index contributed by atoms with van der Waals surface area (Å²) in [5.41, 5.74) is 1.13. The molecule has 0 saturated heterocycles. The molecular weight excluding hydrogens is 412 g/mol. The van der Waals surface area contributed by atoms with Crippen molar-refractivity contribution in [2.24, 2.45) is 17.8 Å². The number of urea groups is 1. The normalized spacial score (nSPS) is 27.3. The van der Waals surface area contributed by atoms with E-state index >= 15 is 0 Å². The number of Topliss-reactive ketones (excluding diaryl/α,β-unsaturated/α-hetero) is 1. The Morgan fingerprint density at radius 1 is 1.03 bits per heavy atom. The summed E-state index contributed by atoms with van der Waals surface area (Å²) in [5.74, 6) is -1.15. The molecule has 0 radical (unpaired) electrons. The molecule has 8 heteroatoms. The highest BCUT2D eigenvalue weighted by Crippen LogP contribution is 2.40. The molecule has 1 aromatic rings. The first-order valence-electron chi connectivity index (χ1n) is 11.2. The number of carbonyl (C=O) groups excluding carboxylic acids is 4. The van der Waals surface area contributed by atoms with E-state index in [1.54, 1.807) is 19.1 Å². The largest absolute Gasteiger partial charge is 0.463 e. The number of benzene rings is 1. The molecule has 8 nitrogen and oxygen atoms in total. The SMILES string of the molecule is CCOC(=O)C1=C(COC(=O)C2C[C@H]3CCC[C@@H](C2)C3=O)NC(=O)N[C@@H]1c1ccccc1. The van der Waals surface area contributed by atoms with Gasteiger partial charge in [0.2, 0.25) is 0 Å². The number of hydrogen-bond acceptors (Lipinski definition) is 6. The van der Waals surface area contributed by atoms with E-state index in [9.17, 15) is 19.2 Å². The first-order chi connectivity index (χ1) is 15.5. The molecule has 4 atom stereocenters. The van der Waals surface area contributed by atoms with Crippen LogP contribution in [0.5, 0.6) is 0 Å². The Morgan fingerprint density at radius 3 is 2.38 bits per heavy atom. The predicted molar refractivity (Wildman–Crippen MR) is 114 cm³/mol. The van der Waals surface area contributed by atoms with Crippen LogP contribution in [0.4, 0.5) is 4.79 Å². The molecule has 1 heterocycles. The highest BCUT2D eigenvalue weighted by Gasteiger charge is 2.42. The van der Waals surface area contributed by atoms with Crippen LogP contribution in [-0.2, 0) is 23.9 Å². The van der Waals surface area contributed by atoms with Gasteiger partial charge in [0.05, 0.1) is 29.8 Å². The van der Waals surface area contributed by atoms with Crippen molar-refractivity contribution in [3.63, 3.8) is 0 Å². The van der Waals surface area contributed by atoms with Crippen molar-refractivity contribution in [3.8, 4) is 0 Å². The third kappa shape index (κ3) is 4.54. The number of nitrogens with one attached hydrogen (secondary N) is 2. The van der Waals surface area contributed by atoms with Crippen molar-refractivity contribution in [1.29, 1.82) is 0 Å². The second kappa shape index (κ2) is 9.54. The highest BCUT2D eigenvalue weighted by molar-refractivity contribution is 5.95. The maximum Gasteiger partial charge on any atom is 0.338 e. The van der Waals surface area contributed by atoms with Crippen LogP contribution in [0.3, 0.4) is 0 Å². The smallest absolute Gasteiger partial charge is 0.338 e. The van der Waals surface area contributed by atoms with Gasteiger partial charge in [0.15, 0.2) is 0 Å². The zero-order valence-electron chi connectivity index (χ0n) is 18.1. The van der Waals surface area contributed by atoms with Gasteiger partial charge in [0.1, 0.15) is 12.4 Å². The molecule has 32 heavy (non-hydrogen) atoms. The lowest BCUT2D eigenvalue weighted by atomic mass is 9.67. The summed E-state index contributed by atoms with van der Waals surface area (Å²) in [5, 5.41) is 5.36. The van der Waals surface area contributed by atoms with Crippen LogP contribution in [0.25, 0.3) is 0 Å². The Hall–Kier alpha value is -3.16. The summed E-state index contributed by atoms with van der Waals surface area (Å²) in [6, 6.07) is 7.86. The van der Waals surface area contributed by atoms with Gasteiger partial charge in [-0.05, 0) is 38.2 Å². The number of ether oxygens (including phenoxy) is 2. The van der Waals surface area contributed by atoms with Crippen molar-refractivity contribution in [1.82, 2.24) is 10.6 Å². The van der Waals surface area contributed by atoms with E-state index in [0.717, 1.165) is 19.3 Å². The quantitative estimate of drug-likeness (QED) is 0.658. The van der Waals surface area contributed by atoms with Crippen LogP contribution in [0.1, 0.15) is 50.6 Å². The second-order valence-electron chi connectivity index (χ2n) is 8.56. The molecule has 2 saturated carbocycles. The number of esters is 2. The molecule has 2 amide bonds. The first kappa shape index (κ1) is 22.0. The Morgan fingerprint density at radius 2 is 1.72 bits per heavy atom. The predicted octanol–water partition coefficient (Wildman–Crippen LogP) is 2.80. The lowest BCUT2D eigenvalue weighted by Gasteiger charge is -2.36. The number of ketones is 1. The fraction of sp³-hybridized carbons (Fsp3) is 0.500. The molecule has 2 bridgehead atoms. The van der Waals surface area contributed by atoms with Crippen molar-refractivity contribution >= 4 is 23.8 Å². The molecule has 2 N–H and O–H groups in total. The number of hydrogen-bond donors (Lipinski definition) is 2. The third-order valence-electron chi connectivity index (χ3n) is 6.52. The summed E-state index contributed by atoms with van der Waals surface area (Å²) < 4.78 is 10.8. The van der Waals surface area contributed by atoms with Gasteiger partial charge >= 0.3 is 18.0 Å². The minimum atomic E-state index is -0.718. The average Bonchev–Trinajstić information content (AvgIpc) is 2.77. The van der Waals surface area contributed by atoms with Crippen LogP contribution in [0.15, 0.2) is 41.6 Å². The molecule has 0 spiro atoms. The van der Waals surface area contributed by atoms with Gasteiger partial charge in [-0.2, -0.15) is 0 Å². The van der Waals surface area contributed by atoms with Crippen molar-refractivity contribution in [3.05, 3.63) is 47.2 Å². The van der Waals surface area contributed by atoms with Crippen LogP contribution >= 0.6 is 0 Å². The van der Waals surface area contributed by atoms with Crippen molar-refractivity contribution in [2.75, 3.05) is 13.2 Å². The van der Waals surface area contributed by atoms with E-state index in [-0.39, 0.29) is 48.0 Å². The van der Waals surface area contributed by atoms with Crippen LogP contribution in [0.2, 0.25) is 0 Å². The van der Waals surface area contributed by atoms with Gasteiger partial charge in [-0.1, -0.05) is 36.8 Å². The highest BCUT2D eigenvalue weighted by atomic mass is 16.5. The lowest BCUT2D eigenvalue weighted by molar-refractivity contribution is -0.153. The maximum atomic E-state index is 12.8. The molecule has 1 unspecified atom stereocenters. The van der Waals surface area contributed by atoms with E-state index in [1.165, 1.54) is 0 Å². The van der Waals surface area contributed by atoms with E-state index in [1.807, 2.05) is 18.2 Å². The molecule has 170 valence electrons. The summed E-state index contributed by atoms with van der Waals surface area (Å²) >= 11 is 0. The van der Waals surface area contributed by atoms with E-state index in [2.05, 4.69) is 10.6 Å². The minimum absolute atomic E-state index is 0.0598. The fourth-order valence-corrected chi connectivity index (χ4v) is 5.01. The standard InChI is InChI=1S/C24H28N2O6/c1-2-31-23(29)19-18(25-24(30)26-20(19)14-7-4-3-5-8-14)13-32-22(28)17-11-15-9-6-10-16(12-17)21(15)27/h3-5,7-8,15-17,20H,2,6,9-13H2,1H3,(H2,25,26,30)/t15-,16+,17?,20-/m1/s1. The molecule has 2 fully saturated rings. The molecule has 1 aromatic carbocycles. The fourth-order valence-electron chi connectivity index (χ4n) is 5.01. The summed E-state index contributed by atoms with van der Waals surface area (Å²) in [6.45, 7) is 1.62. The van der Waals surface area contributed by atoms with Crippen molar-refractivity contribution < 1.29 is 28.7 Å². The summed E-state index contributed by atoms with van der Waals surface area (Å²) in [6.07, 6.45) is 3.71. The van der Waals surface area contributed by atoms with Gasteiger partial charge in [-0.15, -0.1) is 0 Å². The summed E-state index contributed by atoms with van der Waals surface area (Å²) in [7, 11) is 0. The van der Waals surface area contributed by atoms with Gasteiger partial charge in [-0.25, -0.2) is 9.59 Å². The number of rotatable bonds is 6. The Kier molecular flexibility index (Phi) is 6.58. The molecule has 1 aliphatic heterocycles.